The van der Waals surface area contributed by atoms with Gasteiger partial charge in [-0.05, 0) is 30.3 Å². The number of nitro groups is 1. The summed E-state index contributed by atoms with van der Waals surface area (Å²) in [5.74, 6) is -0.0598. The van der Waals surface area contributed by atoms with Crippen molar-refractivity contribution in [1.29, 1.82) is 0 Å². The molecule has 0 saturated heterocycles. The van der Waals surface area contributed by atoms with Crippen molar-refractivity contribution in [3.8, 4) is 5.75 Å². The summed E-state index contributed by atoms with van der Waals surface area (Å²) in [7, 11) is 0. The molecule has 2 N–H and O–H groups in total. The number of hydrogen-bond donors (Lipinski definition) is 2. The van der Waals surface area contributed by atoms with Crippen molar-refractivity contribution in [3.63, 3.8) is 0 Å². The molecule has 3 rings (SSSR count). The number of para-hydroxylation sites is 2. The van der Waals surface area contributed by atoms with Crippen molar-refractivity contribution < 1.29 is 10.0 Å². The van der Waals surface area contributed by atoms with E-state index >= 15 is 0 Å². The lowest BCUT2D eigenvalue weighted by molar-refractivity contribution is -0.385. The number of hydrazone groups is 1. The number of aromatic nitrogens is 1. The number of benzene rings is 2. The van der Waals surface area contributed by atoms with Gasteiger partial charge in [-0.1, -0.05) is 30.3 Å². The molecule has 0 aliphatic carbocycles. The zero-order valence-electron chi connectivity index (χ0n) is 14.1. The zero-order valence-corrected chi connectivity index (χ0v) is 14.1. The van der Waals surface area contributed by atoms with E-state index < -0.39 is 10.7 Å². The van der Waals surface area contributed by atoms with Gasteiger partial charge in [0, 0.05) is 17.8 Å². The quantitative estimate of drug-likeness (QED) is 0.313. The zero-order chi connectivity index (χ0) is 19.1. The van der Waals surface area contributed by atoms with Gasteiger partial charge < -0.3 is 5.11 Å². The number of amidine groups is 1. The van der Waals surface area contributed by atoms with Gasteiger partial charge in [0.05, 0.1) is 16.8 Å². The second kappa shape index (κ2) is 8.34. The molecular formula is C19H15N5O3. The van der Waals surface area contributed by atoms with E-state index in [1.165, 1.54) is 24.4 Å². The first-order valence-electron chi connectivity index (χ1n) is 7.96. The van der Waals surface area contributed by atoms with Crippen LogP contribution < -0.4 is 5.43 Å². The maximum Gasteiger partial charge on any atom is 0.311 e. The molecule has 3 aromatic rings. The van der Waals surface area contributed by atoms with Crippen LogP contribution in [0, 0.1) is 10.1 Å². The summed E-state index contributed by atoms with van der Waals surface area (Å²) >= 11 is 0. The molecule has 27 heavy (non-hydrogen) atoms. The van der Waals surface area contributed by atoms with Crippen LogP contribution in [0.25, 0.3) is 0 Å². The summed E-state index contributed by atoms with van der Waals surface area (Å²) in [5, 5.41) is 24.9. The Balaban J connectivity index is 1.88. The average molecular weight is 361 g/mol. The van der Waals surface area contributed by atoms with E-state index in [0.717, 1.165) is 0 Å². The molecule has 8 heteroatoms. The maximum absolute atomic E-state index is 10.9. The lowest BCUT2D eigenvalue weighted by Gasteiger charge is -2.05. The molecule has 0 fully saturated rings. The smallest absolute Gasteiger partial charge is 0.311 e. The van der Waals surface area contributed by atoms with Crippen molar-refractivity contribution in [2.75, 3.05) is 0 Å². The number of nitrogens with one attached hydrogen (secondary N) is 1. The molecular weight excluding hydrogens is 346 g/mol. The van der Waals surface area contributed by atoms with Gasteiger partial charge in [0.1, 0.15) is 5.69 Å². The van der Waals surface area contributed by atoms with Gasteiger partial charge in [-0.3, -0.25) is 20.5 Å². The van der Waals surface area contributed by atoms with E-state index in [2.05, 4.69) is 20.5 Å². The maximum atomic E-state index is 10.9. The Morgan fingerprint density at radius 3 is 2.56 bits per heavy atom. The molecule has 0 aliphatic heterocycles. The van der Waals surface area contributed by atoms with Crippen LogP contribution in [0.15, 0.2) is 83.0 Å². The fraction of sp³-hybridized carbons (Fsp3) is 0. The molecule has 0 unspecified atom stereocenters. The van der Waals surface area contributed by atoms with Crippen molar-refractivity contribution in [1.82, 2.24) is 10.4 Å². The third-order valence-electron chi connectivity index (χ3n) is 3.52. The lowest BCUT2D eigenvalue weighted by atomic mass is 10.2. The van der Waals surface area contributed by atoms with Gasteiger partial charge >= 0.3 is 5.69 Å². The number of hydrogen-bond acceptors (Lipinski definition) is 6. The van der Waals surface area contributed by atoms with Crippen molar-refractivity contribution in [2.45, 2.75) is 0 Å². The van der Waals surface area contributed by atoms with E-state index in [1.54, 1.807) is 18.3 Å². The first-order valence-corrected chi connectivity index (χ1v) is 7.96. The van der Waals surface area contributed by atoms with Crippen LogP contribution in [0.5, 0.6) is 5.75 Å². The van der Waals surface area contributed by atoms with E-state index in [-0.39, 0.29) is 11.3 Å². The first kappa shape index (κ1) is 17.7. The molecule has 2 aromatic carbocycles. The first-order chi connectivity index (χ1) is 13.1. The summed E-state index contributed by atoms with van der Waals surface area (Å²) in [6.45, 7) is 0. The van der Waals surface area contributed by atoms with Crippen LogP contribution in [0.1, 0.15) is 11.3 Å². The Bertz CT molecular complexity index is 989. The van der Waals surface area contributed by atoms with E-state index in [1.807, 2.05) is 36.4 Å². The molecule has 0 bridgehead atoms. The fourth-order valence-electron chi connectivity index (χ4n) is 2.24. The summed E-state index contributed by atoms with van der Waals surface area (Å²) in [6, 6.07) is 18.9. The third kappa shape index (κ3) is 4.51. The predicted octanol–water partition coefficient (Wildman–Crippen LogP) is 3.40. The van der Waals surface area contributed by atoms with Crippen molar-refractivity contribution in [3.05, 3.63) is 94.3 Å². The van der Waals surface area contributed by atoms with Gasteiger partial charge in [0.15, 0.2) is 5.84 Å². The van der Waals surface area contributed by atoms with Crippen LogP contribution in [0.3, 0.4) is 0 Å². The van der Waals surface area contributed by atoms with Gasteiger partial charge in [0.2, 0.25) is 5.75 Å². The standard InChI is InChI=1S/C19H15N5O3/c25-18-14(7-6-11-17(18)24(26)27)13-21-23-19(16-10-4-5-12-20-16)22-15-8-2-1-3-9-15/h1-13,25H,(H,22,23)/b21-13-. The minimum atomic E-state index is -0.656. The lowest BCUT2D eigenvalue weighted by Crippen LogP contribution is -2.20. The Morgan fingerprint density at radius 2 is 1.85 bits per heavy atom. The van der Waals surface area contributed by atoms with Crippen LogP contribution >= 0.6 is 0 Å². The normalized spacial score (nSPS) is 11.5. The molecule has 0 radical (unpaired) electrons. The molecule has 0 atom stereocenters. The molecule has 134 valence electrons. The second-order valence-corrected chi connectivity index (χ2v) is 5.35. The summed E-state index contributed by atoms with van der Waals surface area (Å²) < 4.78 is 0. The molecule has 0 spiro atoms. The number of aromatic hydroxyl groups is 1. The predicted molar refractivity (Wildman–Crippen MR) is 102 cm³/mol. The van der Waals surface area contributed by atoms with Crippen molar-refractivity contribution in [2.24, 2.45) is 10.1 Å². The molecule has 0 saturated carbocycles. The Morgan fingerprint density at radius 1 is 1.07 bits per heavy atom. The number of rotatable bonds is 5. The van der Waals surface area contributed by atoms with Crippen LogP contribution in [0.4, 0.5) is 11.4 Å². The number of nitro benzene ring substituents is 1. The Kier molecular flexibility index (Phi) is 5.48. The van der Waals surface area contributed by atoms with Crippen LogP contribution in [0.2, 0.25) is 0 Å². The average Bonchev–Trinajstić information content (AvgIpc) is 2.69. The second-order valence-electron chi connectivity index (χ2n) is 5.35. The molecule has 1 aromatic heterocycles. The SMILES string of the molecule is O=[N+]([O-])c1cccc(/C=N\NC(=Nc2ccccc2)c2ccccn2)c1O. The highest BCUT2D eigenvalue weighted by atomic mass is 16.6. The topological polar surface area (TPSA) is 113 Å². The van der Waals surface area contributed by atoms with Crippen LogP contribution in [-0.2, 0) is 0 Å². The fourth-order valence-corrected chi connectivity index (χ4v) is 2.24. The number of aliphatic imine (C=N–C) groups is 1. The largest absolute Gasteiger partial charge is 0.502 e. The Hall–Kier alpha value is -4.07. The highest BCUT2D eigenvalue weighted by molar-refractivity contribution is 5.99. The van der Waals surface area contributed by atoms with Gasteiger partial charge in [0.25, 0.3) is 0 Å². The monoisotopic (exact) mass is 361 g/mol. The molecule has 0 amide bonds. The van der Waals surface area contributed by atoms with Crippen LogP contribution in [-0.4, -0.2) is 27.1 Å². The van der Waals surface area contributed by atoms with Gasteiger partial charge in [-0.2, -0.15) is 5.10 Å². The summed E-state index contributed by atoms with van der Waals surface area (Å²) in [6.07, 6.45) is 2.92. The van der Waals surface area contributed by atoms with E-state index in [4.69, 9.17) is 0 Å². The highest BCUT2D eigenvalue weighted by Crippen LogP contribution is 2.27. The molecule has 8 nitrogen and oxygen atoms in total. The van der Waals surface area contributed by atoms with Gasteiger partial charge in [-0.25, -0.2) is 4.99 Å². The molecule has 1 heterocycles. The summed E-state index contributed by atoms with van der Waals surface area (Å²) in [5.41, 5.74) is 3.88. The number of phenols is 1. The highest BCUT2D eigenvalue weighted by Gasteiger charge is 2.15. The minimum absolute atomic E-state index is 0.205. The summed E-state index contributed by atoms with van der Waals surface area (Å²) in [4.78, 5) is 19.0. The number of phenolic OH excluding ortho intramolecular Hbond substituents is 1. The van der Waals surface area contributed by atoms with Gasteiger partial charge in [-0.15, -0.1) is 0 Å². The number of pyridine rings is 1. The number of nitrogens with zero attached hydrogens (tertiary/aromatic N) is 4. The van der Waals surface area contributed by atoms with E-state index in [0.29, 0.717) is 17.2 Å². The minimum Gasteiger partial charge on any atom is -0.502 e. The van der Waals surface area contributed by atoms with Crippen molar-refractivity contribution >= 4 is 23.4 Å². The molecule has 0 aliphatic rings. The Labute approximate surface area is 154 Å². The third-order valence-corrected chi connectivity index (χ3v) is 3.52. The van der Waals surface area contributed by atoms with E-state index in [9.17, 15) is 15.2 Å².